The van der Waals surface area contributed by atoms with Crippen molar-refractivity contribution in [3.05, 3.63) is 24.3 Å². The summed E-state index contributed by atoms with van der Waals surface area (Å²) in [5, 5.41) is 6.11. The Bertz CT molecular complexity index is 388. The molecule has 19 heavy (non-hydrogen) atoms. The van der Waals surface area contributed by atoms with E-state index in [9.17, 15) is 4.79 Å². The number of anilines is 1. The number of hydrogen-bond donors (Lipinski definition) is 2. The minimum atomic E-state index is -0.0675. The lowest BCUT2D eigenvalue weighted by atomic mass is 10.2. The first-order chi connectivity index (χ1) is 8.97. The van der Waals surface area contributed by atoms with E-state index in [4.69, 9.17) is 4.74 Å². The molecule has 1 unspecified atom stereocenters. The van der Waals surface area contributed by atoms with Crippen LogP contribution < -0.4 is 15.4 Å². The van der Waals surface area contributed by atoms with E-state index in [0.717, 1.165) is 18.0 Å². The number of carbonyl (C=O) groups is 1. The molecule has 106 valence electrons. The van der Waals surface area contributed by atoms with Crippen molar-refractivity contribution in [1.29, 1.82) is 0 Å². The van der Waals surface area contributed by atoms with Crippen LogP contribution in [0.2, 0.25) is 0 Å². The van der Waals surface area contributed by atoms with Gasteiger partial charge in [0.15, 0.2) is 0 Å². The van der Waals surface area contributed by atoms with Gasteiger partial charge in [-0.15, -0.1) is 0 Å². The molecule has 1 atom stereocenters. The molecule has 0 saturated heterocycles. The molecule has 0 saturated carbocycles. The zero-order valence-electron chi connectivity index (χ0n) is 12.2. The fourth-order valence-electron chi connectivity index (χ4n) is 1.57. The largest absolute Gasteiger partial charge is 0.493 e. The van der Waals surface area contributed by atoms with E-state index in [1.807, 2.05) is 24.3 Å². The maximum absolute atomic E-state index is 10.9. The molecule has 0 bridgehead atoms. The number of rotatable bonds is 7. The number of amides is 1. The molecule has 4 nitrogen and oxygen atoms in total. The highest BCUT2D eigenvalue weighted by atomic mass is 16.5. The summed E-state index contributed by atoms with van der Waals surface area (Å²) in [6.07, 6.45) is 0. The Balaban J connectivity index is 2.35. The molecule has 0 aliphatic carbocycles. The highest BCUT2D eigenvalue weighted by molar-refractivity contribution is 5.88. The molecule has 0 fully saturated rings. The zero-order valence-corrected chi connectivity index (χ0v) is 12.2. The van der Waals surface area contributed by atoms with Gasteiger partial charge < -0.3 is 15.4 Å². The normalized spacial score (nSPS) is 12.3. The van der Waals surface area contributed by atoms with E-state index in [2.05, 4.69) is 31.4 Å². The molecule has 2 N–H and O–H groups in total. The van der Waals surface area contributed by atoms with Crippen LogP contribution in [0, 0.1) is 5.92 Å². The van der Waals surface area contributed by atoms with Crippen LogP contribution in [-0.2, 0) is 4.79 Å². The standard InChI is InChI=1S/C15H24N2O2/c1-11(2)16-9-12(3)10-19-15-7-5-14(6-8-15)17-13(4)18/h5-8,11-12,16H,9-10H2,1-4H3,(H,17,18). The lowest BCUT2D eigenvalue weighted by Crippen LogP contribution is -2.30. The Morgan fingerprint density at radius 1 is 1.21 bits per heavy atom. The fraction of sp³-hybridized carbons (Fsp3) is 0.533. The van der Waals surface area contributed by atoms with Crippen molar-refractivity contribution < 1.29 is 9.53 Å². The van der Waals surface area contributed by atoms with Gasteiger partial charge in [0.05, 0.1) is 6.61 Å². The van der Waals surface area contributed by atoms with Crippen molar-refractivity contribution in [2.24, 2.45) is 5.92 Å². The van der Waals surface area contributed by atoms with Gasteiger partial charge in [0, 0.05) is 31.1 Å². The Kier molecular flexibility index (Phi) is 6.36. The molecule has 0 aromatic heterocycles. The van der Waals surface area contributed by atoms with Crippen LogP contribution in [0.3, 0.4) is 0 Å². The minimum Gasteiger partial charge on any atom is -0.493 e. The third kappa shape index (κ3) is 6.82. The summed E-state index contributed by atoms with van der Waals surface area (Å²) >= 11 is 0. The topological polar surface area (TPSA) is 50.4 Å². The number of hydrogen-bond acceptors (Lipinski definition) is 3. The van der Waals surface area contributed by atoms with E-state index < -0.39 is 0 Å². The Morgan fingerprint density at radius 2 is 1.84 bits per heavy atom. The highest BCUT2D eigenvalue weighted by Crippen LogP contribution is 2.16. The van der Waals surface area contributed by atoms with Crippen LogP contribution in [0.1, 0.15) is 27.7 Å². The van der Waals surface area contributed by atoms with Crippen molar-refractivity contribution in [2.75, 3.05) is 18.5 Å². The third-order valence-electron chi connectivity index (χ3n) is 2.58. The van der Waals surface area contributed by atoms with Gasteiger partial charge in [-0.25, -0.2) is 0 Å². The van der Waals surface area contributed by atoms with E-state index in [1.54, 1.807) is 0 Å². The second kappa shape index (κ2) is 7.79. The van der Waals surface area contributed by atoms with E-state index in [-0.39, 0.29) is 5.91 Å². The summed E-state index contributed by atoms with van der Waals surface area (Å²) in [6.45, 7) is 9.54. The first-order valence-electron chi connectivity index (χ1n) is 6.71. The SMILES string of the molecule is CC(=O)Nc1ccc(OCC(C)CNC(C)C)cc1. The van der Waals surface area contributed by atoms with Crippen LogP contribution in [0.4, 0.5) is 5.69 Å². The van der Waals surface area contributed by atoms with Crippen LogP contribution in [0.25, 0.3) is 0 Å². The maximum atomic E-state index is 10.9. The average molecular weight is 264 g/mol. The van der Waals surface area contributed by atoms with Gasteiger partial charge in [-0.05, 0) is 24.3 Å². The second-order valence-corrected chi connectivity index (χ2v) is 5.18. The fourth-order valence-corrected chi connectivity index (χ4v) is 1.57. The van der Waals surface area contributed by atoms with Crippen LogP contribution in [0.5, 0.6) is 5.75 Å². The summed E-state index contributed by atoms with van der Waals surface area (Å²) in [4.78, 5) is 10.9. The van der Waals surface area contributed by atoms with Crippen molar-refractivity contribution >= 4 is 11.6 Å². The van der Waals surface area contributed by atoms with Crippen molar-refractivity contribution in [3.8, 4) is 5.75 Å². The molecule has 1 aromatic rings. The average Bonchev–Trinajstić information content (AvgIpc) is 2.35. The van der Waals surface area contributed by atoms with E-state index >= 15 is 0 Å². The van der Waals surface area contributed by atoms with Crippen molar-refractivity contribution in [3.63, 3.8) is 0 Å². The lowest BCUT2D eigenvalue weighted by molar-refractivity contribution is -0.114. The predicted molar refractivity (Wildman–Crippen MR) is 78.5 cm³/mol. The molecule has 1 rings (SSSR count). The lowest BCUT2D eigenvalue weighted by Gasteiger charge is -2.16. The molecule has 1 amide bonds. The molecule has 1 aromatic carbocycles. The summed E-state index contributed by atoms with van der Waals surface area (Å²) in [5.41, 5.74) is 0.786. The second-order valence-electron chi connectivity index (χ2n) is 5.18. The summed E-state index contributed by atoms with van der Waals surface area (Å²) in [6, 6.07) is 7.92. The van der Waals surface area contributed by atoms with Crippen molar-refractivity contribution in [2.45, 2.75) is 33.7 Å². The first-order valence-corrected chi connectivity index (χ1v) is 6.71. The number of benzene rings is 1. The van der Waals surface area contributed by atoms with Crippen LogP contribution in [0.15, 0.2) is 24.3 Å². The molecule has 0 aliphatic rings. The Morgan fingerprint density at radius 3 is 2.37 bits per heavy atom. The number of ether oxygens (including phenoxy) is 1. The van der Waals surface area contributed by atoms with Crippen molar-refractivity contribution in [1.82, 2.24) is 5.32 Å². The van der Waals surface area contributed by atoms with Gasteiger partial charge in [0.2, 0.25) is 5.91 Å². The summed E-state index contributed by atoms with van der Waals surface area (Å²) < 4.78 is 5.71. The highest BCUT2D eigenvalue weighted by Gasteiger charge is 2.04. The number of carbonyl (C=O) groups excluding carboxylic acids is 1. The summed E-state index contributed by atoms with van der Waals surface area (Å²) in [5.74, 6) is 1.21. The molecular formula is C15H24N2O2. The van der Waals surface area contributed by atoms with Gasteiger partial charge >= 0.3 is 0 Å². The van der Waals surface area contributed by atoms with E-state index in [0.29, 0.717) is 18.6 Å². The Hall–Kier alpha value is -1.55. The number of nitrogens with one attached hydrogen (secondary N) is 2. The summed E-state index contributed by atoms with van der Waals surface area (Å²) in [7, 11) is 0. The minimum absolute atomic E-state index is 0.0675. The monoisotopic (exact) mass is 264 g/mol. The predicted octanol–water partition coefficient (Wildman–Crippen LogP) is 2.66. The van der Waals surface area contributed by atoms with E-state index in [1.165, 1.54) is 6.92 Å². The third-order valence-corrected chi connectivity index (χ3v) is 2.58. The smallest absolute Gasteiger partial charge is 0.221 e. The Labute approximate surface area is 115 Å². The van der Waals surface area contributed by atoms with Gasteiger partial charge in [-0.3, -0.25) is 4.79 Å². The molecule has 0 heterocycles. The maximum Gasteiger partial charge on any atom is 0.221 e. The van der Waals surface area contributed by atoms with Crippen LogP contribution >= 0.6 is 0 Å². The van der Waals surface area contributed by atoms with Gasteiger partial charge in [0.25, 0.3) is 0 Å². The molecular weight excluding hydrogens is 240 g/mol. The quantitative estimate of drug-likeness (QED) is 0.796. The first kappa shape index (κ1) is 15.5. The molecule has 0 radical (unpaired) electrons. The van der Waals surface area contributed by atoms with Gasteiger partial charge in [-0.2, -0.15) is 0 Å². The van der Waals surface area contributed by atoms with Crippen LogP contribution in [-0.4, -0.2) is 25.1 Å². The molecule has 0 aliphatic heterocycles. The van der Waals surface area contributed by atoms with Gasteiger partial charge in [-0.1, -0.05) is 20.8 Å². The zero-order chi connectivity index (χ0) is 14.3. The molecule has 4 heteroatoms. The molecule has 0 spiro atoms. The van der Waals surface area contributed by atoms with Gasteiger partial charge in [0.1, 0.15) is 5.75 Å².